The summed E-state index contributed by atoms with van der Waals surface area (Å²) >= 11 is 0. The summed E-state index contributed by atoms with van der Waals surface area (Å²) in [6, 6.07) is 5.90. The maximum absolute atomic E-state index is 12.2. The van der Waals surface area contributed by atoms with Crippen molar-refractivity contribution in [3.05, 3.63) is 29.8 Å². The van der Waals surface area contributed by atoms with Crippen molar-refractivity contribution < 1.29 is 23.1 Å². The number of carboxylic acids is 1. The van der Waals surface area contributed by atoms with E-state index in [1.165, 1.54) is 12.1 Å². The molecule has 21 heavy (non-hydrogen) atoms. The van der Waals surface area contributed by atoms with Gasteiger partial charge < -0.3 is 9.84 Å². The molecule has 2 rings (SSSR count). The average Bonchev–Trinajstić information content (AvgIpc) is 2.36. The van der Waals surface area contributed by atoms with Gasteiger partial charge in [0, 0.05) is 12.6 Å². The Labute approximate surface area is 124 Å². The van der Waals surface area contributed by atoms with Crippen LogP contribution in [0.1, 0.15) is 25.3 Å². The Hall–Kier alpha value is -1.44. The molecule has 1 aliphatic rings. The molecule has 2 N–H and O–H groups in total. The first kappa shape index (κ1) is 15.9. The summed E-state index contributed by atoms with van der Waals surface area (Å²) < 4.78 is 32.5. The first-order valence-corrected chi connectivity index (χ1v) is 8.33. The molecule has 0 heterocycles. The SMILES string of the molecule is CCOC1CC(NS(=O)(=O)c2cccc(CC(=O)O)c2)C1. The first-order valence-electron chi connectivity index (χ1n) is 6.85. The Morgan fingerprint density at radius 1 is 1.43 bits per heavy atom. The van der Waals surface area contributed by atoms with Crippen molar-refractivity contribution in [2.45, 2.75) is 43.2 Å². The van der Waals surface area contributed by atoms with E-state index < -0.39 is 16.0 Å². The van der Waals surface area contributed by atoms with E-state index in [-0.39, 0.29) is 23.5 Å². The van der Waals surface area contributed by atoms with Crippen LogP contribution in [0.15, 0.2) is 29.2 Å². The van der Waals surface area contributed by atoms with E-state index in [0.29, 0.717) is 25.0 Å². The number of carbonyl (C=O) groups is 1. The highest BCUT2D eigenvalue weighted by Crippen LogP contribution is 2.25. The van der Waals surface area contributed by atoms with Gasteiger partial charge >= 0.3 is 5.97 Å². The predicted molar refractivity (Wildman–Crippen MR) is 76.5 cm³/mol. The Morgan fingerprint density at radius 2 is 2.14 bits per heavy atom. The molecule has 0 bridgehead atoms. The van der Waals surface area contributed by atoms with E-state index in [4.69, 9.17) is 9.84 Å². The monoisotopic (exact) mass is 313 g/mol. The van der Waals surface area contributed by atoms with Crippen LogP contribution >= 0.6 is 0 Å². The average molecular weight is 313 g/mol. The molecule has 7 heteroatoms. The van der Waals surface area contributed by atoms with Crippen LogP contribution in [-0.2, 0) is 26.0 Å². The molecule has 1 fully saturated rings. The highest BCUT2D eigenvalue weighted by molar-refractivity contribution is 7.89. The van der Waals surface area contributed by atoms with Crippen LogP contribution in [0.2, 0.25) is 0 Å². The second-order valence-electron chi connectivity index (χ2n) is 5.08. The number of aliphatic carboxylic acids is 1. The van der Waals surface area contributed by atoms with Crippen LogP contribution in [0.5, 0.6) is 0 Å². The number of carboxylic acid groups (broad SMARTS) is 1. The number of sulfonamides is 1. The lowest BCUT2D eigenvalue weighted by Crippen LogP contribution is -2.47. The van der Waals surface area contributed by atoms with E-state index in [9.17, 15) is 13.2 Å². The van der Waals surface area contributed by atoms with E-state index in [1.54, 1.807) is 12.1 Å². The Balaban J connectivity index is 2.01. The molecule has 6 nitrogen and oxygen atoms in total. The number of benzene rings is 1. The lowest BCUT2D eigenvalue weighted by atomic mass is 9.90. The number of hydrogen-bond acceptors (Lipinski definition) is 4. The fraction of sp³-hybridized carbons (Fsp3) is 0.500. The molecule has 1 saturated carbocycles. The predicted octanol–water partition coefficient (Wildman–Crippen LogP) is 1.16. The summed E-state index contributed by atoms with van der Waals surface area (Å²) in [6.45, 7) is 2.53. The fourth-order valence-electron chi connectivity index (χ4n) is 2.32. The number of rotatable bonds is 7. The molecule has 116 valence electrons. The van der Waals surface area contributed by atoms with Crippen molar-refractivity contribution in [2.24, 2.45) is 0 Å². The van der Waals surface area contributed by atoms with Crippen molar-refractivity contribution in [1.29, 1.82) is 0 Å². The zero-order chi connectivity index (χ0) is 15.5. The molecule has 0 spiro atoms. The third-order valence-electron chi connectivity index (χ3n) is 3.38. The number of nitrogens with one attached hydrogen (secondary N) is 1. The molecule has 1 aromatic carbocycles. The highest BCUT2D eigenvalue weighted by Gasteiger charge is 2.33. The summed E-state index contributed by atoms with van der Waals surface area (Å²) in [4.78, 5) is 10.8. The quantitative estimate of drug-likeness (QED) is 0.788. The standard InChI is InChI=1S/C14H19NO5S/c1-2-20-12-8-11(9-12)15-21(18,19)13-5-3-4-10(6-13)7-14(16)17/h3-6,11-12,15H,2,7-9H2,1H3,(H,16,17). The first-order chi connectivity index (χ1) is 9.90. The summed E-state index contributed by atoms with van der Waals surface area (Å²) in [5.74, 6) is -0.990. The van der Waals surface area contributed by atoms with Crippen LogP contribution in [0.25, 0.3) is 0 Å². The summed E-state index contributed by atoms with van der Waals surface area (Å²) in [7, 11) is -3.62. The lowest BCUT2D eigenvalue weighted by molar-refractivity contribution is -0.136. The summed E-state index contributed by atoms with van der Waals surface area (Å²) in [5.41, 5.74) is 0.464. The maximum Gasteiger partial charge on any atom is 0.307 e. The van der Waals surface area contributed by atoms with Gasteiger partial charge in [0.25, 0.3) is 0 Å². The minimum Gasteiger partial charge on any atom is -0.481 e. The van der Waals surface area contributed by atoms with Gasteiger partial charge in [0.2, 0.25) is 10.0 Å². The third kappa shape index (κ3) is 4.26. The molecule has 1 aromatic rings. The Kier molecular flexibility index (Phi) is 4.97. The normalized spacial score (nSPS) is 21.8. The van der Waals surface area contributed by atoms with E-state index in [2.05, 4.69) is 4.72 Å². The van der Waals surface area contributed by atoms with Crippen molar-refractivity contribution >= 4 is 16.0 Å². The fourth-order valence-corrected chi connectivity index (χ4v) is 3.65. The van der Waals surface area contributed by atoms with Crippen molar-refractivity contribution in [3.8, 4) is 0 Å². The Morgan fingerprint density at radius 3 is 2.76 bits per heavy atom. The second kappa shape index (κ2) is 6.55. The molecule has 0 atom stereocenters. The number of hydrogen-bond donors (Lipinski definition) is 2. The van der Waals surface area contributed by atoms with Crippen LogP contribution in [0.4, 0.5) is 0 Å². The van der Waals surface area contributed by atoms with Crippen LogP contribution in [-0.4, -0.2) is 38.2 Å². The zero-order valence-corrected chi connectivity index (χ0v) is 12.6. The minimum atomic E-state index is -3.62. The minimum absolute atomic E-state index is 0.0982. The van der Waals surface area contributed by atoms with Gasteiger partial charge in [0.15, 0.2) is 0 Å². The van der Waals surface area contributed by atoms with Gasteiger partial charge in [0.1, 0.15) is 0 Å². The van der Waals surface area contributed by atoms with E-state index in [0.717, 1.165) is 0 Å². The van der Waals surface area contributed by atoms with Gasteiger partial charge in [-0.2, -0.15) is 0 Å². The van der Waals surface area contributed by atoms with Gasteiger partial charge in [-0.25, -0.2) is 13.1 Å². The van der Waals surface area contributed by atoms with Gasteiger partial charge in [-0.05, 0) is 37.5 Å². The highest BCUT2D eigenvalue weighted by atomic mass is 32.2. The second-order valence-corrected chi connectivity index (χ2v) is 6.80. The zero-order valence-electron chi connectivity index (χ0n) is 11.8. The number of ether oxygens (including phenoxy) is 1. The van der Waals surface area contributed by atoms with E-state index >= 15 is 0 Å². The molecular weight excluding hydrogens is 294 g/mol. The van der Waals surface area contributed by atoms with E-state index in [1.807, 2.05) is 6.92 Å². The molecule has 0 radical (unpaired) electrons. The van der Waals surface area contributed by atoms with Gasteiger partial charge in [0.05, 0.1) is 17.4 Å². The van der Waals surface area contributed by atoms with Crippen molar-refractivity contribution in [2.75, 3.05) is 6.61 Å². The molecule has 0 aliphatic heterocycles. The topological polar surface area (TPSA) is 92.7 Å². The van der Waals surface area contributed by atoms with Gasteiger partial charge in [-0.3, -0.25) is 4.79 Å². The molecule has 0 amide bonds. The smallest absolute Gasteiger partial charge is 0.307 e. The molecule has 0 unspecified atom stereocenters. The molecule has 0 saturated heterocycles. The molecular formula is C14H19NO5S. The van der Waals surface area contributed by atoms with Crippen molar-refractivity contribution in [3.63, 3.8) is 0 Å². The third-order valence-corrected chi connectivity index (χ3v) is 4.90. The Bertz CT molecular complexity index is 608. The van der Waals surface area contributed by atoms with Crippen LogP contribution < -0.4 is 4.72 Å². The summed E-state index contributed by atoms with van der Waals surface area (Å²) in [5, 5.41) is 8.75. The molecule has 0 aromatic heterocycles. The lowest BCUT2D eigenvalue weighted by Gasteiger charge is -2.35. The largest absolute Gasteiger partial charge is 0.481 e. The maximum atomic E-state index is 12.2. The van der Waals surface area contributed by atoms with Crippen LogP contribution in [0.3, 0.4) is 0 Å². The van der Waals surface area contributed by atoms with Crippen LogP contribution in [0, 0.1) is 0 Å². The van der Waals surface area contributed by atoms with Gasteiger partial charge in [-0.1, -0.05) is 12.1 Å². The van der Waals surface area contributed by atoms with Gasteiger partial charge in [-0.15, -0.1) is 0 Å². The van der Waals surface area contributed by atoms with Crippen molar-refractivity contribution in [1.82, 2.24) is 4.72 Å². The summed E-state index contributed by atoms with van der Waals surface area (Å²) in [6.07, 6.45) is 1.27. The molecule has 1 aliphatic carbocycles.